The van der Waals surface area contributed by atoms with Crippen LogP contribution in [0.1, 0.15) is 6.92 Å². The van der Waals surface area contributed by atoms with Crippen molar-refractivity contribution < 1.29 is 4.42 Å². The maximum Gasteiger partial charge on any atom is 0.332 e. The number of piperazine rings is 1. The summed E-state index contributed by atoms with van der Waals surface area (Å²) < 4.78 is 10.4. The molecule has 1 saturated heterocycles. The Kier molecular flexibility index (Phi) is 5.75. The van der Waals surface area contributed by atoms with E-state index < -0.39 is 0 Å². The maximum atomic E-state index is 13.1. The van der Waals surface area contributed by atoms with Gasteiger partial charge in [0.05, 0.1) is 0 Å². The van der Waals surface area contributed by atoms with E-state index in [1.807, 2.05) is 28.8 Å². The molecule has 10 nitrogen and oxygen atoms in total. The molecule has 33 heavy (non-hydrogen) atoms. The number of aryl methyl sites for hydroxylation is 2. The molecule has 0 saturated carbocycles. The van der Waals surface area contributed by atoms with E-state index in [1.54, 1.807) is 7.05 Å². The van der Waals surface area contributed by atoms with Crippen LogP contribution >= 0.6 is 11.8 Å². The van der Waals surface area contributed by atoms with Gasteiger partial charge in [-0.05, 0) is 18.7 Å². The predicted octanol–water partition coefficient (Wildman–Crippen LogP) is 1.51. The van der Waals surface area contributed by atoms with Crippen molar-refractivity contribution in [3.8, 4) is 0 Å². The van der Waals surface area contributed by atoms with Crippen molar-refractivity contribution in [3.63, 3.8) is 0 Å². The lowest BCUT2D eigenvalue weighted by Crippen LogP contribution is -2.47. The Morgan fingerprint density at radius 1 is 1.03 bits per heavy atom. The quantitative estimate of drug-likeness (QED) is 0.392. The summed E-state index contributed by atoms with van der Waals surface area (Å²) in [6.45, 7) is 7.24. The minimum atomic E-state index is -0.375. The summed E-state index contributed by atoms with van der Waals surface area (Å²) in [5, 5.41) is 0.596. The molecule has 11 heteroatoms. The average Bonchev–Trinajstić information content (AvgIpc) is 3.43. The average molecular weight is 470 g/mol. The second-order valence-electron chi connectivity index (χ2n) is 8.16. The first-order chi connectivity index (χ1) is 16.0. The van der Waals surface area contributed by atoms with Gasteiger partial charge in [0.25, 0.3) is 10.8 Å². The fourth-order valence-corrected chi connectivity index (χ4v) is 5.05. The van der Waals surface area contributed by atoms with Gasteiger partial charge < -0.3 is 18.8 Å². The molecule has 1 aliphatic rings. The number of para-hydroxylation sites is 2. The Morgan fingerprint density at radius 3 is 2.52 bits per heavy atom. The molecule has 5 rings (SSSR count). The lowest BCUT2D eigenvalue weighted by atomic mass is 10.3. The van der Waals surface area contributed by atoms with Crippen LogP contribution in [0.25, 0.3) is 22.3 Å². The summed E-state index contributed by atoms with van der Waals surface area (Å²) >= 11 is 1.50. The van der Waals surface area contributed by atoms with Crippen LogP contribution in [-0.2, 0) is 20.6 Å². The topological polar surface area (TPSA) is 94.3 Å². The van der Waals surface area contributed by atoms with Crippen molar-refractivity contribution in [2.24, 2.45) is 14.1 Å². The molecule has 3 aromatic heterocycles. The summed E-state index contributed by atoms with van der Waals surface area (Å²) in [6, 6.07) is 7.67. The van der Waals surface area contributed by atoms with Gasteiger partial charge in [-0.2, -0.15) is 4.98 Å². The smallest absolute Gasteiger partial charge is 0.332 e. The van der Waals surface area contributed by atoms with Crippen LogP contribution in [-0.4, -0.2) is 67.0 Å². The summed E-state index contributed by atoms with van der Waals surface area (Å²) in [4.78, 5) is 39.5. The van der Waals surface area contributed by atoms with Crippen LogP contribution in [0.4, 0.5) is 5.95 Å². The van der Waals surface area contributed by atoms with Crippen LogP contribution in [0.2, 0.25) is 0 Å². The van der Waals surface area contributed by atoms with Crippen LogP contribution in [0.15, 0.2) is 43.5 Å². The molecule has 4 aromatic rings. The Bertz CT molecular complexity index is 1390. The van der Waals surface area contributed by atoms with Gasteiger partial charge >= 0.3 is 5.69 Å². The number of aromatic nitrogens is 5. The Labute approximate surface area is 194 Å². The van der Waals surface area contributed by atoms with Crippen molar-refractivity contribution >= 4 is 40.0 Å². The maximum absolute atomic E-state index is 13.1. The monoisotopic (exact) mass is 469 g/mol. The largest absolute Gasteiger partial charge is 0.431 e. The van der Waals surface area contributed by atoms with Crippen molar-refractivity contribution in [2.45, 2.75) is 18.7 Å². The van der Waals surface area contributed by atoms with Crippen LogP contribution in [0.5, 0.6) is 0 Å². The molecule has 0 bridgehead atoms. The van der Waals surface area contributed by atoms with Crippen molar-refractivity contribution in [3.05, 3.63) is 45.1 Å². The zero-order valence-corrected chi connectivity index (χ0v) is 19.8. The molecule has 0 amide bonds. The van der Waals surface area contributed by atoms with Crippen molar-refractivity contribution in [2.75, 3.05) is 43.4 Å². The van der Waals surface area contributed by atoms with E-state index in [4.69, 9.17) is 9.40 Å². The molecule has 4 heterocycles. The lowest BCUT2D eigenvalue weighted by molar-refractivity contribution is 0.269. The second kappa shape index (κ2) is 8.71. The van der Waals surface area contributed by atoms with E-state index in [0.717, 1.165) is 54.3 Å². The van der Waals surface area contributed by atoms with Gasteiger partial charge in [0.2, 0.25) is 5.95 Å². The third-order valence-electron chi connectivity index (χ3n) is 6.24. The van der Waals surface area contributed by atoms with E-state index >= 15 is 0 Å². The number of fused-ring (bicyclic) bond motifs is 2. The molecule has 0 aliphatic carbocycles. The van der Waals surface area contributed by atoms with Gasteiger partial charge in [0.15, 0.2) is 16.7 Å². The number of benzene rings is 1. The van der Waals surface area contributed by atoms with Gasteiger partial charge in [0, 0.05) is 52.6 Å². The Balaban J connectivity index is 1.49. The summed E-state index contributed by atoms with van der Waals surface area (Å²) in [5.41, 5.74) is 1.75. The molecule has 0 spiro atoms. The summed E-state index contributed by atoms with van der Waals surface area (Å²) in [5.74, 6) is 1.38. The zero-order valence-electron chi connectivity index (χ0n) is 19.0. The molecule has 1 aromatic carbocycles. The first-order valence-electron chi connectivity index (χ1n) is 11.1. The minimum Gasteiger partial charge on any atom is -0.431 e. The zero-order chi connectivity index (χ0) is 23.1. The number of anilines is 1. The van der Waals surface area contributed by atoms with Crippen LogP contribution < -0.4 is 16.1 Å². The minimum absolute atomic E-state index is 0.328. The third kappa shape index (κ3) is 3.84. The van der Waals surface area contributed by atoms with Gasteiger partial charge in [0.1, 0.15) is 5.52 Å². The number of oxazole rings is 1. The fourth-order valence-electron chi connectivity index (χ4n) is 4.29. The molecular weight excluding hydrogens is 442 g/mol. The predicted molar refractivity (Wildman–Crippen MR) is 129 cm³/mol. The van der Waals surface area contributed by atoms with Gasteiger partial charge in [-0.1, -0.05) is 30.8 Å². The number of rotatable bonds is 6. The third-order valence-corrected chi connectivity index (χ3v) is 7.05. The Morgan fingerprint density at radius 2 is 1.79 bits per heavy atom. The molecule has 1 aliphatic heterocycles. The van der Waals surface area contributed by atoms with Gasteiger partial charge in [-0.25, -0.2) is 9.78 Å². The number of imidazole rings is 1. The van der Waals surface area contributed by atoms with Crippen molar-refractivity contribution in [1.82, 2.24) is 28.6 Å². The number of hydrogen-bond acceptors (Lipinski definition) is 8. The van der Waals surface area contributed by atoms with Crippen LogP contribution in [0.3, 0.4) is 0 Å². The summed E-state index contributed by atoms with van der Waals surface area (Å²) in [6.07, 6.45) is 0. The first-order valence-corrected chi connectivity index (χ1v) is 12.1. The first kappa shape index (κ1) is 21.8. The van der Waals surface area contributed by atoms with Crippen LogP contribution in [0, 0.1) is 0 Å². The highest BCUT2D eigenvalue weighted by molar-refractivity contribution is 7.99. The summed E-state index contributed by atoms with van der Waals surface area (Å²) in [7, 11) is 3.17. The van der Waals surface area contributed by atoms with E-state index in [0.29, 0.717) is 28.7 Å². The highest BCUT2D eigenvalue weighted by Gasteiger charge is 2.25. The standard InChI is InChI=1S/C22H27N7O3S/c1-4-27-9-11-28(12-10-27)20-24-18-17(19(30)26(3)22(31)25(18)2)29(20)13-14-33-21-23-15-7-5-6-8-16(15)32-21/h5-8H,4,9-14H2,1-3H3. The van der Waals surface area contributed by atoms with E-state index in [-0.39, 0.29) is 11.2 Å². The SMILES string of the molecule is CCN1CCN(c2nc3c(c(=O)n(C)c(=O)n3C)n2CCSc2nc3ccccc3o2)CC1. The number of hydrogen-bond donors (Lipinski definition) is 0. The number of thioether (sulfide) groups is 1. The second-order valence-corrected chi connectivity index (χ2v) is 9.20. The van der Waals surface area contributed by atoms with Crippen molar-refractivity contribution in [1.29, 1.82) is 0 Å². The molecule has 0 radical (unpaired) electrons. The molecule has 1 fully saturated rings. The Hall–Kier alpha value is -3.05. The normalized spacial score (nSPS) is 15.2. The molecule has 0 N–H and O–H groups in total. The highest BCUT2D eigenvalue weighted by atomic mass is 32.2. The number of nitrogens with zero attached hydrogens (tertiary/aromatic N) is 7. The highest BCUT2D eigenvalue weighted by Crippen LogP contribution is 2.26. The molecule has 0 atom stereocenters. The van der Waals surface area contributed by atoms with Gasteiger partial charge in [-0.3, -0.25) is 13.9 Å². The molecule has 0 unspecified atom stereocenters. The van der Waals surface area contributed by atoms with Gasteiger partial charge in [-0.15, -0.1) is 0 Å². The molecular formula is C22H27N7O3S. The fraction of sp³-hybridized carbons (Fsp3) is 0.455. The van der Waals surface area contributed by atoms with E-state index in [2.05, 4.69) is 21.7 Å². The lowest BCUT2D eigenvalue weighted by Gasteiger charge is -2.34. The van der Waals surface area contributed by atoms with E-state index in [1.165, 1.54) is 23.4 Å². The number of likely N-dealkylation sites (N-methyl/N-ethyl adjacent to an activating group) is 1. The molecule has 174 valence electrons. The van der Waals surface area contributed by atoms with E-state index in [9.17, 15) is 9.59 Å².